The van der Waals surface area contributed by atoms with Gasteiger partial charge in [-0.2, -0.15) is 10.2 Å². The van der Waals surface area contributed by atoms with Gasteiger partial charge in [0.15, 0.2) is 0 Å². The fraction of sp³-hybridized carbons (Fsp3) is 0.538. The summed E-state index contributed by atoms with van der Waals surface area (Å²) in [5, 5.41) is 15.4. The van der Waals surface area contributed by atoms with Crippen LogP contribution in [0.2, 0.25) is 0 Å². The van der Waals surface area contributed by atoms with E-state index in [4.69, 9.17) is 10.5 Å². The lowest BCUT2D eigenvalue weighted by Crippen LogP contribution is -2.31. The second-order valence-corrected chi connectivity index (χ2v) is 8.02. The van der Waals surface area contributed by atoms with Gasteiger partial charge in [0.1, 0.15) is 5.75 Å². The molecule has 0 bridgehead atoms. The third-order valence-electron chi connectivity index (χ3n) is 5.19. The van der Waals surface area contributed by atoms with Crippen LogP contribution in [-0.4, -0.2) is 39.3 Å². The molecule has 0 atom stereocenters. The van der Waals surface area contributed by atoms with Crippen molar-refractivity contribution in [3.63, 3.8) is 0 Å². The SMILES string of the molecule is CCCCc1ccc(N=Nc2ccc(OCCCCCCNCCNCCN)cc2)cc1. The van der Waals surface area contributed by atoms with E-state index in [1.807, 2.05) is 36.4 Å². The number of ether oxygens (including phenoxy) is 1. The summed E-state index contributed by atoms with van der Waals surface area (Å²) in [5.41, 5.74) is 8.51. The maximum absolute atomic E-state index is 5.85. The number of hydrogen-bond donors (Lipinski definition) is 3. The number of benzene rings is 2. The second kappa shape index (κ2) is 17.3. The highest BCUT2D eigenvalue weighted by molar-refractivity contribution is 5.43. The van der Waals surface area contributed by atoms with Crippen molar-refractivity contribution in [3.05, 3.63) is 54.1 Å². The second-order valence-electron chi connectivity index (χ2n) is 8.02. The first-order chi connectivity index (χ1) is 15.8. The van der Waals surface area contributed by atoms with E-state index in [-0.39, 0.29) is 0 Å². The summed E-state index contributed by atoms with van der Waals surface area (Å²) >= 11 is 0. The third kappa shape index (κ3) is 11.9. The summed E-state index contributed by atoms with van der Waals surface area (Å²) in [4.78, 5) is 0. The molecule has 0 heterocycles. The van der Waals surface area contributed by atoms with E-state index in [2.05, 4.69) is 39.9 Å². The smallest absolute Gasteiger partial charge is 0.119 e. The van der Waals surface area contributed by atoms with Crippen LogP contribution < -0.4 is 21.1 Å². The van der Waals surface area contributed by atoms with Crippen molar-refractivity contribution in [3.8, 4) is 5.75 Å². The summed E-state index contributed by atoms with van der Waals surface area (Å²) in [5.74, 6) is 0.885. The average molecular weight is 440 g/mol. The Morgan fingerprint density at radius 2 is 1.34 bits per heavy atom. The highest BCUT2D eigenvalue weighted by Crippen LogP contribution is 2.22. The first kappa shape index (κ1) is 26.0. The zero-order valence-corrected chi connectivity index (χ0v) is 19.7. The number of aryl methyl sites for hydroxylation is 1. The maximum atomic E-state index is 5.85. The van der Waals surface area contributed by atoms with Crippen LogP contribution in [0.1, 0.15) is 51.0 Å². The molecule has 32 heavy (non-hydrogen) atoms. The van der Waals surface area contributed by atoms with E-state index in [0.717, 1.165) is 62.8 Å². The molecule has 0 radical (unpaired) electrons. The predicted octanol–water partition coefficient (Wildman–Crippen LogP) is 5.52. The van der Waals surface area contributed by atoms with Gasteiger partial charge in [-0.25, -0.2) is 0 Å². The number of nitrogens with zero attached hydrogens (tertiary/aromatic N) is 2. The molecule has 176 valence electrons. The number of hydrogen-bond acceptors (Lipinski definition) is 6. The zero-order chi connectivity index (χ0) is 22.7. The van der Waals surface area contributed by atoms with Crippen molar-refractivity contribution in [2.75, 3.05) is 39.3 Å². The molecular weight excluding hydrogens is 398 g/mol. The monoisotopic (exact) mass is 439 g/mol. The molecule has 2 aromatic carbocycles. The Labute approximate surface area is 194 Å². The van der Waals surface area contributed by atoms with Gasteiger partial charge in [0.05, 0.1) is 18.0 Å². The van der Waals surface area contributed by atoms with Gasteiger partial charge < -0.3 is 21.1 Å². The molecule has 6 heteroatoms. The molecule has 0 amide bonds. The first-order valence-electron chi connectivity index (χ1n) is 12.2. The minimum absolute atomic E-state index is 0.700. The van der Waals surface area contributed by atoms with Crippen molar-refractivity contribution in [2.24, 2.45) is 16.0 Å². The molecular formula is C26H41N5O. The lowest BCUT2D eigenvalue weighted by atomic mass is 10.1. The van der Waals surface area contributed by atoms with Gasteiger partial charge in [-0.1, -0.05) is 38.3 Å². The molecule has 0 saturated heterocycles. The van der Waals surface area contributed by atoms with Crippen molar-refractivity contribution in [1.29, 1.82) is 0 Å². The van der Waals surface area contributed by atoms with Crippen LogP contribution in [0.25, 0.3) is 0 Å². The molecule has 0 spiro atoms. The molecule has 0 aliphatic heterocycles. The summed E-state index contributed by atoms with van der Waals surface area (Å²) in [6, 6.07) is 16.2. The number of rotatable bonds is 18. The minimum Gasteiger partial charge on any atom is -0.494 e. The van der Waals surface area contributed by atoms with Gasteiger partial charge in [-0.3, -0.25) is 0 Å². The van der Waals surface area contributed by atoms with Gasteiger partial charge in [-0.15, -0.1) is 0 Å². The van der Waals surface area contributed by atoms with E-state index >= 15 is 0 Å². The Hall–Kier alpha value is -2.28. The third-order valence-corrected chi connectivity index (χ3v) is 5.19. The normalized spacial score (nSPS) is 11.3. The van der Waals surface area contributed by atoms with Crippen molar-refractivity contribution >= 4 is 11.4 Å². The van der Waals surface area contributed by atoms with Gasteiger partial charge in [0.2, 0.25) is 0 Å². The van der Waals surface area contributed by atoms with Crippen molar-refractivity contribution < 1.29 is 4.74 Å². The zero-order valence-electron chi connectivity index (χ0n) is 19.7. The Bertz CT molecular complexity index is 731. The fourth-order valence-electron chi connectivity index (χ4n) is 3.26. The van der Waals surface area contributed by atoms with Gasteiger partial charge in [-0.05, 0) is 74.2 Å². The van der Waals surface area contributed by atoms with Crippen molar-refractivity contribution in [1.82, 2.24) is 10.6 Å². The Balaban J connectivity index is 1.54. The van der Waals surface area contributed by atoms with Crippen LogP contribution in [0.15, 0.2) is 58.8 Å². The number of nitrogens with two attached hydrogens (primary N) is 1. The highest BCUT2D eigenvalue weighted by atomic mass is 16.5. The molecule has 2 rings (SSSR count). The van der Waals surface area contributed by atoms with E-state index in [1.54, 1.807) is 0 Å². The molecule has 0 aliphatic carbocycles. The largest absolute Gasteiger partial charge is 0.494 e. The Kier molecular flexibility index (Phi) is 14.0. The molecule has 0 unspecified atom stereocenters. The van der Waals surface area contributed by atoms with Crippen LogP contribution in [-0.2, 0) is 6.42 Å². The lowest BCUT2D eigenvalue weighted by Gasteiger charge is -2.07. The van der Waals surface area contributed by atoms with E-state index in [9.17, 15) is 0 Å². The summed E-state index contributed by atoms with van der Waals surface area (Å²) in [6.45, 7) is 7.62. The molecule has 0 fully saturated rings. The molecule has 0 saturated carbocycles. The van der Waals surface area contributed by atoms with Gasteiger partial charge in [0.25, 0.3) is 0 Å². The van der Waals surface area contributed by atoms with E-state index in [1.165, 1.54) is 37.7 Å². The predicted molar refractivity (Wildman–Crippen MR) is 134 cm³/mol. The topological polar surface area (TPSA) is 84.0 Å². The van der Waals surface area contributed by atoms with Crippen LogP contribution in [0.5, 0.6) is 5.75 Å². The molecule has 0 aromatic heterocycles. The van der Waals surface area contributed by atoms with Crippen LogP contribution in [0.3, 0.4) is 0 Å². The number of azo groups is 1. The quantitative estimate of drug-likeness (QED) is 0.211. The summed E-state index contributed by atoms with van der Waals surface area (Å²) in [7, 11) is 0. The number of nitrogens with one attached hydrogen (secondary N) is 2. The summed E-state index contributed by atoms with van der Waals surface area (Å²) in [6.07, 6.45) is 8.27. The molecule has 4 N–H and O–H groups in total. The van der Waals surface area contributed by atoms with E-state index < -0.39 is 0 Å². The van der Waals surface area contributed by atoms with Crippen LogP contribution in [0.4, 0.5) is 11.4 Å². The van der Waals surface area contributed by atoms with E-state index in [0.29, 0.717) is 6.54 Å². The van der Waals surface area contributed by atoms with Gasteiger partial charge >= 0.3 is 0 Å². The van der Waals surface area contributed by atoms with Gasteiger partial charge in [0, 0.05) is 26.2 Å². The highest BCUT2D eigenvalue weighted by Gasteiger charge is 1.97. The summed E-state index contributed by atoms with van der Waals surface area (Å²) < 4.78 is 5.85. The Morgan fingerprint density at radius 3 is 2.00 bits per heavy atom. The Morgan fingerprint density at radius 1 is 0.719 bits per heavy atom. The van der Waals surface area contributed by atoms with Crippen LogP contribution in [0, 0.1) is 0 Å². The average Bonchev–Trinajstić information content (AvgIpc) is 2.83. The first-order valence-corrected chi connectivity index (χ1v) is 12.2. The minimum atomic E-state index is 0.700. The maximum Gasteiger partial charge on any atom is 0.119 e. The lowest BCUT2D eigenvalue weighted by molar-refractivity contribution is 0.304. The molecule has 0 aliphatic rings. The molecule has 2 aromatic rings. The van der Waals surface area contributed by atoms with Crippen molar-refractivity contribution in [2.45, 2.75) is 51.9 Å². The fourth-order valence-corrected chi connectivity index (χ4v) is 3.26. The van der Waals surface area contributed by atoms with Crippen LogP contribution >= 0.6 is 0 Å². The number of unbranched alkanes of at least 4 members (excludes halogenated alkanes) is 4. The standard InChI is InChI=1S/C26H41N5O/c1-2-3-8-23-9-11-24(12-10-23)30-31-25-13-15-26(16-14-25)32-22-7-5-4-6-18-28-20-21-29-19-17-27/h9-16,28-29H,2-8,17-22,27H2,1H3. The molecule has 6 nitrogen and oxygen atoms in total.